The third-order valence-corrected chi connectivity index (χ3v) is 2.19. The zero-order valence-electron chi connectivity index (χ0n) is 7.48. The van der Waals surface area contributed by atoms with Gasteiger partial charge in [-0.1, -0.05) is 5.57 Å². The molecule has 0 N–H and O–H groups in total. The monoisotopic (exact) mass is 153 g/mol. The Morgan fingerprint density at radius 1 is 1.55 bits per heavy atom. The van der Waals surface area contributed by atoms with Gasteiger partial charge in [0.25, 0.3) is 0 Å². The second kappa shape index (κ2) is 3.18. The summed E-state index contributed by atoms with van der Waals surface area (Å²) in [5.74, 6) is 0.246. The number of Topliss-reactive ketones (excluding diaryl/α,β-unsaturated/α-hetero) is 1. The molecule has 0 amide bonds. The van der Waals surface area contributed by atoms with Gasteiger partial charge in [0.15, 0.2) is 5.78 Å². The van der Waals surface area contributed by atoms with Crippen molar-refractivity contribution in [2.45, 2.75) is 20.3 Å². The van der Waals surface area contributed by atoms with Crippen molar-refractivity contribution in [3.05, 3.63) is 11.1 Å². The Kier molecular flexibility index (Phi) is 2.45. The first-order valence-corrected chi connectivity index (χ1v) is 3.99. The van der Waals surface area contributed by atoms with Crippen LogP contribution in [0.15, 0.2) is 11.1 Å². The summed E-state index contributed by atoms with van der Waals surface area (Å²) in [5.41, 5.74) is 2.29. The van der Waals surface area contributed by atoms with Crippen molar-refractivity contribution in [2.75, 3.05) is 20.1 Å². The van der Waals surface area contributed by atoms with E-state index in [1.807, 2.05) is 6.92 Å². The Bertz CT molecular complexity index is 206. The first kappa shape index (κ1) is 8.47. The summed E-state index contributed by atoms with van der Waals surface area (Å²) in [6, 6.07) is 0. The van der Waals surface area contributed by atoms with Crippen molar-refractivity contribution in [1.82, 2.24) is 4.90 Å². The van der Waals surface area contributed by atoms with Gasteiger partial charge in [0.1, 0.15) is 0 Å². The minimum Gasteiger partial charge on any atom is -0.302 e. The van der Waals surface area contributed by atoms with Crippen LogP contribution in [0.25, 0.3) is 0 Å². The number of hydrogen-bond acceptors (Lipinski definition) is 2. The molecular formula is C9H15NO. The molecule has 0 radical (unpaired) electrons. The molecule has 0 aromatic heterocycles. The number of hydrogen-bond donors (Lipinski definition) is 0. The molecule has 0 aromatic carbocycles. The number of nitrogens with zero attached hydrogens (tertiary/aromatic N) is 1. The van der Waals surface area contributed by atoms with Gasteiger partial charge in [-0.25, -0.2) is 0 Å². The zero-order valence-corrected chi connectivity index (χ0v) is 7.48. The van der Waals surface area contributed by atoms with Gasteiger partial charge < -0.3 is 4.90 Å². The van der Waals surface area contributed by atoms with Crippen LogP contribution in [0.5, 0.6) is 0 Å². The van der Waals surface area contributed by atoms with Crippen LogP contribution in [-0.2, 0) is 4.79 Å². The van der Waals surface area contributed by atoms with Crippen LogP contribution in [0.3, 0.4) is 0 Å². The largest absolute Gasteiger partial charge is 0.302 e. The summed E-state index contributed by atoms with van der Waals surface area (Å²) in [7, 11) is 2.08. The van der Waals surface area contributed by atoms with Crippen LogP contribution in [0.4, 0.5) is 0 Å². The van der Waals surface area contributed by atoms with Crippen molar-refractivity contribution in [2.24, 2.45) is 0 Å². The average Bonchev–Trinajstić information content (AvgIpc) is 1.85. The molecular weight excluding hydrogens is 138 g/mol. The number of carbonyl (C=O) groups excluding carboxylic acids is 1. The lowest BCUT2D eigenvalue weighted by molar-refractivity contribution is -0.113. The van der Waals surface area contributed by atoms with E-state index in [0.29, 0.717) is 0 Å². The summed E-state index contributed by atoms with van der Waals surface area (Å²) in [6.45, 7) is 5.68. The van der Waals surface area contributed by atoms with Gasteiger partial charge in [0.05, 0.1) is 0 Å². The van der Waals surface area contributed by atoms with Gasteiger partial charge in [-0.15, -0.1) is 0 Å². The lowest BCUT2D eigenvalue weighted by atomic mass is 9.99. The maximum absolute atomic E-state index is 11.0. The second-order valence-corrected chi connectivity index (χ2v) is 3.30. The maximum atomic E-state index is 11.0. The standard InChI is InChI=1S/C9H15NO/c1-7-6-10(3)5-4-9(7)8(2)11/h4-6H2,1-3H3. The minimum atomic E-state index is 0.246. The highest BCUT2D eigenvalue weighted by molar-refractivity contribution is 5.94. The molecule has 0 unspecified atom stereocenters. The second-order valence-electron chi connectivity index (χ2n) is 3.30. The highest BCUT2D eigenvalue weighted by Crippen LogP contribution is 2.16. The van der Waals surface area contributed by atoms with E-state index in [4.69, 9.17) is 0 Å². The Morgan fingerprint density at radius 2 is 2.18 bits per heavy atom. The predicted molar refractivity (Wildman–Crippen MR) is 45.5 cm³/mol. The molecule has 1 aliphatic heterocycles. The van der Waals surface area contributed by atoms with Crippen molar-refractivity contribution < 1.29 is 4.79 Å². The van der Waals surface area contributed by atoms with Gasteiger partial charge in [-0.05, 0) is 32.9 Å². The number of ketones is 1. The van der Waals surface area contributed by atoms with Crippen LogP contribution >= 0.6 is 0 Å². The number of carbonyl (C=O) groups is 1. The molecule has 11 heavy (non-hydrogen) atoms. The molecule has 0 bridgehead atoms. The Morgan fingerprint density at radius 3 is 2.64 bits per heavy atom. The molecule has 2 nitrogen and oxygen atoms in total. The highest BCUT2D eigenvalue weighted by atomic mass is 16.1. The average molecular weight is 153 g/mol. The van der Waals surface area contributed by atoms with Crippen molar-refractivity contribution in [3.63, 3.8) is 0 Å². The fourth-order valence-corrected chi connectivity index (χ4v) is 1.57. The highest BCUT2D eigenvalue weighted by Gasteiger charge is 2.15. The molecule has 0 spiro atoms. The predicted octanol–water partition coefficient (Wildman–Crippen LogP) is 1.23. The molecule has 0 aliphatic carbocycles. The summed E-state index contributed by atoms with van der Waals surface area (Å²) in [4.78, 5) is 13.3. The van der Waals surface area contributed by atoms with E-state index in [2.05, 4.69) is 11.9 Å². The molecule has 0 saturated heterocycles. The van der Waals surface area contributed by atoms with Crippen molar-refractivity contribution in [3.8, 4) is 0 Å². The van der Waals surface area contributed by atoms with Crippen LogP contribution < -0.4 is 0 Å². The Hall–Kier alpha value is -0.630. The first-order chi connectivity index (χ1) is 5.11. The van der Waals surface area contributed by atoms with Gasteiger partial charge in [-0.3, -0.25) is 4.79 Å². The normalized spacial score (nSPS) is 20.6. The SMILES string of the molecule is CC(=O)C1=C(C)CN(C)CC1. The molecule has 2 heteroatoms. The van der Waals surface area contributed by atoms with Crippen LogP contribution in [-0.4, -0.2) is 30.8 Å². The first-order valence-electron chi connectivity index (χ1n) is 3.99. The summed E-state index contributed by atoms with van der Waals surface area (Å²) in [5, 5.41) is 0. The molecule has 1 heterocycles. The molecule has 0 aromatic rings. The van der Waals surface area contributed by atoms with E-state index in [1.165, 1.54) is 5.57 Å². The quantitative estimate of drug-likeness (QED) is 0.564. The fraction of sp³-hybridized carbons (Fsp3) is 0.667. The zero-order chi connectivity index (χ0) is 8.43. The molecule has 62 valence electrons. The summed E-state index contributed by atoms with van der Waals surface area (Å²) < 4.78 is 0. The van der Waals surface area contributed by atoms with E-state index in [1.54, 1.807) is 6.92 Å². The van der Waals surface area contributed by atoms with Crippen LogP contribution in [0.1, 0.15) is 20.3 Å². The van der Waals surface area contributed by atoms with E-state index in [-0.39, 0.29) is 5.78 Å². The molecule has 1 rings (SSSR count). The molecule has 0 fully saturated rings. The van der Waals surface area contributed by atoms with E-state index >= 15 is 0 Å². The fourth-order valence-electron chi connectivity index (χ4n) is 1.57. The van der Waals surface area contributed by atoms with E-state index in [0.717, 1.165) is 25.1 Å². The lowest BCUT2D eigenvalue weighted by Crippen LogP contribution is -2.28. The van der Waals surface area contributed by atoms with Gasteiger partial charge in [0.2, 0.25) is 0 Å². The minimum absolute atomic E-state index is 0.246. The van der Waals surface area contributed by atoms with Gasteiger partial charge in [-0.2, -0.15) is 0 Å². The summed E-state index contributed by atoms with van der Waals surface area (Å²) >= 11 is 0. The molecule has 1 aliphatic rings. The number of rotatable bonds is 1. The van der Waals surface area contributed by atoms with Gasteiger partial charge >= 0.3 is 0 Å². The number of likely N-dealkylation sites (N-methyl/N-ethyl adjacent to an activating group) is 1. The van der Waals surface area contributed by atoms with Gasteiger partial charge in [0, 0.05) is 13.1 Å². The van der Waals surface area contributed by atoms with E-state index < -0.39 is 0 Å². The summed E-state index contributed by atoms with van der Waals surface area (Å²) in [6.07, 6.45) is 0.928. The third kappa shape index (κ3) is 1.90. The lowest BCUT2D eigenvalue weighted by Gasteiger charge is -2.24. The van der Waals surface area contributed by atoms with E-state index in [9.17, 15) is 4.79 Å². The topological polar surface area (TPSA) is 20.3 Å². The smallest absolute Gasteiger partial charge is 0.155 e. The van der Waals surface area contributed by atoms with Crippen LogP contribution in [0.2, 0.25) is 0 Å². The Labute approximate surface area is 67.9 Å². The molecule has 0 atom stereocenters. The third-order valence-electron chi connectivity index (χ3n) is 2.19. The Balaban J connectivity index is 2.78. The molecule has 0 saturated carbocycles. The van der Waals surface area contributed by atoms with Crippen molar-refractivity contribution >= 4 is 5.78 Å². The van der Waals surface area contributed by atoms with Crippen molar-refractivity contribution in [1.29, 1.82) is 0 Å². The maximum Gasteiger partial charge on any atom is 0.155 e. The van der Waals surface area contributed by atoms with Crippen LogP contribution in [0, 0.1) is 0 Å².